The highest BCUT2D eigenvalue weighted by Gasteiger charge is 2.47. The fourth-order valence-corrected chi connectivity index (χ4v) is 5.34. The number of rotatable bonds is 5. The Morgan fingerprint density at radius 3 is 2.67 bits per heavy atom. The number of phenolic OH excluding ortho intramolecular Hbond substituents is 1. The Morgan fingerprint density at radius 2 is 2.03 bits per heavy atom. The summed E-state index contributed by atoms with van der Waals surface area (Å²) in [5.74, 6) is 1.15. The number of aliphatic hydroxyl groups is 1. The van der Waals surface area contributed by atoms with Crippen LogP contribution in [0, 0.1) is 5.92 Å². The van der Waals surface area contributed by atoms with Gasteiger partial charge in [-0.15, -0.1) is 0 Å². The van der Waals surface area contributed by atoms with Crippen LogP contribution in [0.25, 0.3) is 0 Å². The molecule has 5 heteroatoms. The Bertz CT molecular complexity index is 885. The van der Waals surface area contributed by atoms with Crippen LogP contribution in [0.4, 0.5) is 0 Å². The van der Waals surface area contributed by atoms with Gasteiger partial charge < -0.3 is 20.3 Å². The molecular weight excluding hydrogens is 378 g/mol. The van der Waals surface area contributed by atoms with E-state index < -0.39 is 6.10 Å². The Labute approximate surface area is 179 Å². The van der Waals surface area contributed by atoms with Crippen molar-refractivity contribution in [1.29, 1.82) is 0 Å². The van der Waals surface area contributed by atoms with E-state index in [1.54, 1.807) is 0 Å². The fraction of sp³-hybridized carbons (Fsp3) is 0.640. The molecule has 5 nitrogen and oxygen atoms in total. The highest BCUT2D eigenvalue weighted by Crippen LogP contribution is 2.55. The average Bonchev–Trinajstić information content (AvgIpc) is 3.34. The van der Waals surface area contributed by atoms with Crippen molar-refractivity contribution in [3.05, 3.63) is 34.9 Å². The molecule has 0 aromatic heterocycles. The van der Waals surface area contributed by atoms with E-state index in [4.69, 9.17) is 4.74 Å². The summed E-state index contributed by atoms with van der Waals surface area (Å²) in [6.45, 7) is 10.8. The first kappa shape index (κ1) is 21.2. The summed E-state index contributed by atoms with van der Waals surface area (Å²) in [4.78, 5) is 12.7. The average molecular weight is 414 g/mol. The summed E-state index contributed by atoms with van der Waals surface area (Å²) in [5.41, 5.74) is 2.23. The number of phenols is 1. The van der Waals surface area contributed by atoms with Crippen molar-refractivity contribution in [3.8, 4) is 11.5 Å². The van der Waals surface area contributed by atoms with Crippen molar-refractivity contribution < 1.29 is 19.7 Å². The van der Waals surface area contributed by atoms with Gasteiger partial charge in [0.05, 0.1) is 12.1 Å². The first-order valence-corrected chi connectivity index (χ1v) is 11.3. The monoisotopic (exact) mass is 413 g/mol. The molecule has 0 radical (unpaired) electrons. The first-order valence-electron chi connectivity index (χ1n) is 11.3. The van der Waals surface area contributed by atoms with Gasteiger partial charge in [-0.3, -0.25) is 4.79 Å². The molecule has 1 saturated carbocycles. The third-order valence-corrected chi connectivity index (χ3v) is 7.32. The molecule has 4 atom stereocenters. The molecule has 164 valence electrons. The summed E-state index contributed by atoms with van der Waals surface area (Å²) in [7, 11) is 0. The van der Waals surface area contributed by atoms with Gasteiger partial charge in [0.1, 0.15) is 17.1 Å². The van der Waals surface area contributed by atoms with Gasteiger partial charge >= 0.3 is 0 Å². The second-order valence-corrected chi connectivity index (χ2v) is 10.5. The highest BCUT2D eigenvalue weighted by molar-refractivity contribution is 5.94. The van der Waals surface area contributed by atoms with Crippen LogP contribution >= 0.6 is 0 Å². The van der Waals surface area contributed by atoms with Gasteiger partial charge in [-0.1, -0.05) is 33.3 Å². The van der Waals surface area contributed by atoms with Crippen LogP contribution in [0.15, 0.2) is 23.8 Å². The first-order chi connectivity index (χ1) is 14.0. The molecule has 1 heterocycles. The third-order valence-electron chi connectivity index (χ3n) is 7.32. The molecule has 1 fully saturated rings. The van der Waals surface area contributed by atoms with E-state index in [9.17, 15) is 15.0 Å². The van der Waals surface area contributed by atoms with Gasteiger partial charge in [0, 0.05) is 23.0 Å². The molecule has 1 amide bonds. The number of aromatic hydroxyl groups is 1. The minimum atomic E-state index is -0.414. The topological polar surface area (TPSA) is 78.8 Å². The van der Waals surface area contributed by atoms with Gasteiger partial charge in [-0.2, -0.15) is 0 Å². The number of fused-ring (bicyclic) bond motifs is 3. The number of hydrogen-bond acceptors (Lipinski definition) is 4. The lowest BCUT2D eigenvalue weighted by Crippen LogP contribution is -2.46. The van der Waals surface area contributed by atoms with E-state index in [0.29, 0.717) is 12.8 Å². The minimum Gasteiger partial charge on any atom is -0.508 e. The number of benzene rings is 1. The lowest BCUT2D eigenvalue weighted by atomic mass is 9.66. The predicted octanol–water partition coefficient (Wildman–Crippen LogP) is 4.31. The van der Waals surface area contributed by atoms with Gasteiger partial charge in [0.2, 0.25) is 5.91 Å². The quantitative estimate of drug-likeness (QED) is 0.672. The number of aliphatic hydroxyl groups excluding tert-OH is 1. The van der Waals surface area contributed by atoms with E-state index in [2.05, 4.69) is 46.0 Å². The normalized spacial score (nSPS) is 29.2. The lowest BCUT2D eigenvalue weighted by molar-refractivity contribution is -0.118. The molecule has 30 heavy (non-hydrogen) atoms. The number of amides is 1. The second-order valence-electron chi connectivity index (χ2n) is 10.5. The summed E-state index contributed by atoms with van der Waals surface area (Å²) in [6.07, 6.45) is 5.63. The van der Waals surface area contributed by atoms with Gasteiger partial charge in [-0.25, -0.2) is 0 Å². The summed E-state index contributed by atoms with van der Waals surface area (Å²) >= 11 is 0. The molecule has 1 aromatic rings. The van der Waals surface area contributed by atoms with Crippen molar-refractivity contribution in [2.24, 2.45) is 5.92 Å². The van der Waals surface area contributed by atoms with E-state index in [1.807, 2.05) is 12.1 Å². The molecule has 1 aromatic carbocycles. The highest BCUT2D eigenvalue weighted by atomic mass is 16.5. The molecule has 3 N–H and O–H groups in total. The van der Waals surface area contributed by atoms with E-state index in [1.165, 1.54) is 0 Å². The van der Waals surface area contributed by atoms with E-state index in [0.717, 1.165) is 41.7 Å². The minimum absolute atomic E-state index is 0.0296. The summed E-state index contributed by atoms with van der Waals surface area (Å²) in [6, 6.07) is 3.87. The van der Waals surface area contributed by atoms with Crippen LogP contribution in [0.5, 0.6) is 11.5 Å². The molecule has 3 aliphatic rings. The number of carbonyl (C=O) groups is 1. The Kier molecular flexibility index (Phi) is 5.16. The Balaban J connectivity index is 1.67. The number of nitrogens with one attached hydrogen (secondary N) is 1. The zero-order valence-corrected chi connectivity index (χ0v) is 18.8. The van der Waals surface area contributed by atoms with Gasteiger partial charge in [0.15, 0.2) is 0 Å². The SMILES string of the molecule is CCCC(C)(C)c1cc(O)c2c(c1)OC(C)(C)[C@@H]1CC=C(C(=O)NC3C[C@H]3O)C[C@@H]21. The number of hydrogen-bond donors (Lipinski definition) is 3. The van der Waals surface area contributed by atoms with Gasteiger partial charge in [0.25, 0.3) is 0 Å². The molecule has 0 saturated heterocycles. The van der Waals surface area contributed by atoms with Crippen LogP contribution in [0.3, 0.4) is 0 Å². The van der Waals surface area contributed by atoms with Crippen LogP contribution in [0.2, 0.25) is 0 Å². The summed E-state index contributed by atoms with van der Waals surface area (Å²) < 4.78 is 6.45. The molecule has 1 aliphatic heterocycles. The van der Waals surface area contributed by atoms with Crippen molar-refractivity contribution in [3.63, 3.8) is 0 Å². The van der Waals surface area contributed by atoms with Gasteiger partial charge in [-0.05, 0) is 62.6 Å². The molecule has 0 bridgehead atoms. The predicted molar refractivity (Wildman–Crippen MR) is 117 cm³/mol. The zero-order chi connectivity index (χ0) is 21.8. The number of carbonyl (C=O) groups excluding carboxylic acids is 1. The van der Waals surface area contributed by atoms with Crippen LogP contribution in [0.1, 0.15) is 83.8 Å². The standard InChI is InChI=1S/C25H35NO4/c1-6-9-24(2,3)15-11-20(28)22-16-10-14(23(29)26-18-13-19(18)27)7-8-17(16)25(4,5)30-21(22)12-15/h7,11-12,16-19,27-28H,6,8-10,13H2,1-5H3,(H,26,29)/t16-,17-,18?,19-/m1/s1. The maximum absolute atomic E-state index is 12.7. The molecule has 1 unspecified atom stereocenters. The van der Waals surface area contributed by atoms with Crippen molar-refractivity contribution >= 4 is 5.91 Å². The zero-order valence-electron chi connectivity index (χ0n) is 18.8. The maximum atomic E-state index is 12.7. The summed E-state index contributed by atoms with van der Waals surface area (Å²) in [5, 5.41) is 23.5. The molecule has 0 spiro atoms. The Hall–Kier alpha value is -2.01. The smallest absolute Gasteiger partial charge is 0.247 e. The van der Waals surface area contributed by atoms with Crippen LogP contribution in [-0.2, 0) is 10.2 Å². The van der Waals surface area contributed by atoms with Crippen LogP contribution in [-0.4, -0.2) is 33.9 Å². The molecular formula is C25H35NO4. The lowest BCUT2D eigenvalue weighted by Gasteiger charge is -2.47. The fourth-order valence-electron chi connectivity index (χ4n) is 5.34. The van der Waals surface area contributed by atoms with Crippen molar-refractivity contribution in [2.75, 3.05) is 0 Å². The number of allylic oxidation sites excluding steroid dienone is 1. The van der Waals surface area contributed by atoms with E-state index in [-0.39, 0.29) is 40.6 Å². The molecule has 2 aliphatic carbocycles. The van der Waals surface area contributed by atoms with E-state index >= 15 is 0 Å². The third kappa shape index (κ3) is 3.73. The second kappa shape index (κ2) is 7.30. The van der Waals surface area contributed by atoms with Crippen LogP contribution < -0.4 is 10.1 Å². The Morgan fingerprint density at radius 1 is 1.33 bits per heavy atom. The van der Waals surface area contributed by atoms with Crippen molar-refractivity contribution in [1.82, 2.24) is 5.32 Å². The molecule has 4 rings (SSSR count). The van der Waals surface area contributed by atoms with Crippen molar-refractivity contribution in [2.45, 2.75) is 95.8 Å². The number of ether oxygens (including phenoxy) is 1. The maximum Gasteiger partial charge on any atom is 0.247 e. The largest absolute Gasteiger partial charge is 0.508 e.